The minimum Gasteiger partial charge on any atom is -0.233 e. The average molecular weight is 246 g/mol. The van der Waals surface area contributed by atoms with Crippen LogP contribution in [-0.4, -0.2) is 4.98 Å². The molecule has 0 saturated heterocycles. The van der Waals surface area contributed by atoms with Crippen LogP contribution in [0.1, 0.15) is 57.8 Å². The lowest BCUT2D eigenvalue weighted by Gasteiger charge is -2.26. The fourth-order valence-corrected chi connectivity index (χ4v) is 2.95. The summed E-state index contributed by atoms with van der Waals surface area (Å²) in [6, 6.07) is 0. The Balaban J connectivity index is 2.67. The van der Waals surface area contributed by atoms with E-state index in [4.69, 9.17) is 11.6 Å². The van der Waals surface area contributed by atoms with Crippen LogP contribution in [0.4, 0.5) is 0 Å². The minimum atomic E-state index is 0.278. The van der Waals surface area contributed by atoms with Gasteiger partial charge in [0.25, 0.3) is 0 Å². The first-order valence-electron chi connectivity index (χ1n) is 5.74. The maximum absolute atomic E-state index is 5.89. The standard InChI is InChI=1S/C12H20ClNS/c1-4-6-7-8-12(3,5-2)10-9-14-11(13)15-10/h9H,4-8H2,1-3H3. The Morgan fingerprint density at radius 3 is 2.60 bits per heavy atom. The number of halogens is 1. The summed E-state index contributed by atoms with van der Waals surface area (Å²) in [5.41, 5.74) is 0.278. The van der Waals surface area contributed by atoms with Crippen molar-refractivity contribution < 1.29 is 0 Å². The molecule has 0 amide bonds. The van der Waals surface area contributed by atoms with Gasteiger partial charge in [-0.1, -0.05) is 51.6 Å². The molecule has 0 aromatic carbocycles. The van der Waals surface area contributed by atoms with Crippen molar-refractivity contribution in [1.82, 2.24) is 4.98 Å². The highest BCUT2D eigenvalue weighted by Gasteiger charge is 2.26. The average Bonchev–Trinajstić information content (AvgIpc) is 2.65. The highest BCUT2D eigenvalue weighted by Crippen LogP contribution is 2.37. The van der Waals surface area contributed by atoms with Gasteiger partial charge in [-0.25, -0.2) is 4.98 Å². The molecule has 1 rings (SSSR count). The van der Waals surface area contributed by atoms with Gasteiger partial charge < -0.3 is 0 Å². The zero-order chi connectivity index (χ0) is 11.3. The fraction of sp³-hybridized carbons (Fsp3) is 0.750. The summed E-state index contributed by atoms with van der Waals surface area (Å²) in [6.07, 6.45) is 8.26. The van der Waals surface area contributed by atoms with Gasteiger partial charge in [0.05, 0.1) is 0 Å². The van der Waals surface area contributed by atoms with Gasteiger partial charge >= 0.3 is 0 Å². The van der Waals surface area contributed by atoms with Gasteiger partial charge in [-0.2, -0.15) is 0 Å². The van der Waals surface area contributed by atoms with E-state index < -0.39 is 0 Å². The molecule has 1 aromatic rings. The molecule has 0 saturated carbocycles. The predicted molar refractivity (Wildman–Crippen MR) is 68.9 cm³/mol. The molecular formula is C12H20ClNS. The van der Waals surface area contributed by atoms with Crippen LogP contribution in [0, 0.1) is 0 Å². The summed E-state index contributed by atoms with van der Waals surface area (Å²) in [7, 11) is 0. The monoisotopic (exact) mass is 245 g/mol. The van der Waals surface area contributed by atoms with Crippen LogP contribution in [-0.2, 0) is 5.41 Å². The van der Waals surface area contributed by atoms with Crippen molar-refractivity contribution in [2.45, 2.75) is 58.3 Å². The van der Waals surface area contributed by atoms with E-state index in [1.165, 1.54) is 30.6 Å². The second kappa shape index (κ2) is 5.86. The lowest BCUT2D eigenvalue weighted by molar-refractivity contribution is 0.405. The summed E-state index contributed by atoms with van der Waals surface area (Å²) >= 11 is 7.52. The summed E-state index contributed by atoms with van der Waals surface area (Å²) in [4.78, 5) is 5.48. The first kappa shape index (κ1) is 13.0. The van der Waals surface area contributed by atoms with E-state index in [0.717, 1.165) is 6.42 Å². The van der Waals surface area contributed by atoms with Gasteiger partial charge in [-0.3, -0.25) is 0 Å². The Bertz CT molecular complexity index is 298. The molecule has 0 spiro atoms. The van der Waals surface area contributed by atoms with Gasteiger partial charge in [0.1, 0.15) is 0 Å². The summed E-state index contributed by atoms with van der Waals surface area (Å²) in [6.45, 7) is 6.82. The number of hydrogen-bond acceptors (Lipinski definition) is 2. The zero-order valence-electron chi connectivity index (χ0n) is 9.85. The Kier molecular flexibility index (Phi) is 5.07. The Labute approximate surface area is 102 Å². The van der Waals surface area contributed by atoms with Crippen LogP contribution in [0.2, 0.25) is 4.47 Å². The van der Waals surface area contributed by atoms with Crippen molar-refractivity contribution in [2.75, 3.05) is 0 Å². The van der Waals surface area contributed by atoms with Crippen LogP contribution in [0.25, 0.3) is 0 Å². The van der Waals surface area contributed by atoms with Crippen LogP contribution < -0.4 is 0 Å². The van der Waals surface area contributed by atoms with Gasteiger partial charge in [0.2, 0.25) is 0 Å². The van der Waals surface area contributed by atoms with Crippen LogP contribution in [0.5, 0.6) is 0 Å². The van der Waals surface area contributed by atoms with E-state index >= 15 is 0 Å². The first-order chi connectivity index (χ1) is 7.12. The normalized spacial score (nSPS) is 15.2. The van der Waals surface area contributed by atoms with Crippen molar-refractivity contribution in [3.05, 3.63) is 15.5 Å². The van der Waals surface area contributed by atoms with Crippen molar-refractivity contribution in [3.63, 3.8) is 0 Å². The van der Waals surface area contributed by atoms with Crippen LogP contribution in [0.3, 0.4) is 0 Å². The summed E-state index contributed by atoms with van der Waals surface area (Å²) in [5, 5.41) is 0. The van der Waals surface area contributed by atoms with E-state index in [1.807, 2.05) is 6.20 Å². The van der Waals surface area contributed by atoms with Crippen LogP contribution >= 0.6 is 22.9 Å². The van der Waals surface area contributed by atoms with Crippen molar-refractivity contribution in [2.24, 2.45) is 0 Å². The van der Waals surface area contributed by atoms with Gasteiger partial charge in [-0.15, -0.1) is 11.3 Å². The molecule has 0 N–H and O–H groups in total. The highest BCUT2D eigenvalue weighted by atomic mass is 35.5. The van der Waals surface area contributed by atoms with Gasteiger partial charge in [0, 0.05) is 16.5 Å². The van der Waals surface area contributed by atoms with Crippen molar-refractivity contribution in [1.29, 1.82) is 0 Å². The van der Waals surface area contributed by atoms with E-state index in [0.29, 0.717) is 4.47 Å². The second-order valence-corrected chi connectivity index (χ2v) is 5.96. The number of unbranched alkanes of at least 4 members (excludes halogenated alkanes) is 2. The summed E-state index contributed by atoms with van der Waals surface area (Å²) in [5.74, 6) is 0. The Morgan fingerprint density at radius 2 is 2.13 bits per heavy atom. The Morgan fingerprint density at radius 1 is 1.40 bits per heavy atom. The largest absolute Gasteiger partial charge is 0.233 e. The number of aromatic nitrogens is 1. The van der Waals surface area contributed by atoms with Crippen molar-refractivity contribution >= 4 is 22.9 Å². The topological polar surface area (TPSA) is 12.9 Å². The summed E-state index contributed by atoms with van der Waals surface area (Å²) < 4.78 is 0.667. The molecule has 1 nitrogen and oxygen atoms in total. The number of hydrogen-bond donors (Lipinski definition) is 0. The third kappa shape index (κ3) is 3.46. The number of nitrogens with zero attached hydrogens (tertiary/aromatic N) is 1. The molecule has 0 bridgehead atoms. The van der Waals surface area contributed by atoms with Crippen molar-refractivity contribution in [3.8, 4) is 0 Å². The van der Waals surface area contributed by atoms with Crippen LogP contribution in [0.15, 0.2) is 6.20 Å². The lowest BCUT2D eigenvalue weighted by Crippen LogP contribution is -2.19. The maximum Gasteiger partial charge on any atom is 0.183 e. The molecule has 0 radical (unpaired) electrons. The third-order valence-electron chi connectivity index (χ3n) is 3.18. The van der Waals surface area contributed by atoms with E-state index in [-0.39, 0.29) is 5.41 Å². The smallest absolute Gasteiger partial charge is 0.183 e. The molecule has 0 fully saturated rings. The van der Waals surface area contributed by atoms with Gasteiger partial charge in [0.15, 0.2) is 4.47 Å². The maximum atomic E-state index is 5.89. The molecule has 1 unspecified atom stereocenters. The third-order valence-corrected chi connectivity index (χ3v) is 4.61. The number of thiazole rings is 1. The molecule has 3 heteroatoms. The SMILES string of the molecule is CCCCCC(C)(CC)c1cnc(Cl)s1. The number of rotatable bonds is 6. The van der Waals surface area contributed by atoms with E-state index in [9.17, 15) is 0 Å². The van der Waals surface area contributed by atoms with E-state index in [1.54, 1.807) is 11.3 Å². The highest BCUT2D eigenvalue weighted by molar-refractivity contribution is 7.15. The minimum absolute atomic E-state index is 0.278. The molecule has 1 atom stereocenters. The van der Waals surface area contributed by atoms with Gasteiger partial charge in [-0.05, 0) is 12.8 Å². The quantitative estimate of drug-likeness (QED) is 0.640. The molecule has 0 aliphatic carbocycles. The molecule has 0 aliphatic rings. The lowest BCUT2D eigenvalue weighted by atomic mass is 9.81. The molecule has 1 heterocycles. The molecule has 15 heavy (non-hydrogen) atoms. The molecule has 1 aromatic heterocycles. The molecule has 0 aliphatic heterocycles. The first-order valence-corrected chi connectivity index (χ1v) is 6.93. The predicted octanol–water partition coefficient (Wildman–Crippen LogP) is 5.04. The van der Waals surface area contributed by atoms with E-state index in [2.05, 4.69) is 25.8 Å². The second-order valence-electron chi connectivity index (χ2n) is 4.35. The molecular weight excluding hydrogens is 226 g/mol. The zero-order valence-corrected chi connectivity index (χ0v) is 11.4. The fourth-order valence-electron chi connectivity index (χ4n) is 1.77. The molecule has 86 valence electrons. The Hall–Kier alpha value is -0.0800.